The molecule has 2 aliphatic heterocycles. The number of aryl methyl sites for hydroxylation is 2. The molecule has 5 atom stereocenters. The summed E-state index contributed by atoms with van der Waals surface area (Å²) in [4.78, 5) is 78.9. The molecule has 0 saturated carbocycles. The molecule has 424 valence electrons. The van der Waals surface area contributed by atoms with Crippen molar-refractivity contribution in [3.8, 4) is 21.9 Å². The third-order valence-corrected chi connectivity index (χ3v) is 15.6. The highest BCUT2D eigenvalue weighted by atomic mass is 32.1. The van der Waals surface area contributed by atoms with Gasteiger partial charge in [0.25, 0.3) is 11.5 Å². The first kappa shape index (κ1) is 59.3. The summed E-state index contributed by atoms with van der Waals surface area (Å²) in [6.45, 7) is 14.3. The van der Waals surface area contributed by atoms with E-state index >= 15 is 0 Å². The van der Waals surface area contributed by atoms with E-state index in [1.165, 1.54) is 16.9 Å². The van der Waals surface area contributed by atoms with Crippen LogP contribution in [0, 0.1) is 32.1 Å². The predicted molar refractivity (Wildman–Crippen MR) is 290 cm³/mol. The van der Waals surface area contributed by atoms with Crippen molar-refractivity contribution in [3.63, 3.8) is 0 Å². The molecule has 0 aliphatic carbocycles. The number of aliphatic hydroxyl groups is 1. The van der Waals surface area contributed by atoms with Crippen molar-refractivity contribution in [2.24, 2.45) is 11.3 Å². The summed E-state index contributed by atoms with van der Waals surface area (Å²) in [5.41, 5.74) is 6.09. The van der Waals surface area contributed by atoms with Crippen LogP contribution < -0.4 is 31.0 Å². The molecular formula is C56H73F3N8O10S. The fourth-order valence-corrected chi connectivity index (χ4v) is 11.3. The number of ether oxygens (including phenoxy) is 4. The first-order valence-electron chi connectivity index (χ1n) is 26.3. The summed E-state index contributed by atoms with van der Waals surface area (Å²) < 4.78 is 64.6. The van der Waals surface area contributed by atoms with Crippen LogP contribution in [0.1, 0.15) is 105 Å². The highest BCUT2D eigenvalue weighted by Crippen LogP contribution is 2.38. The number of amides is 4. The molecule has 3 aromatic heterocycles. The van der Waals surface area contributed by atoms with E-state index in [0.29, 0.717) is 65.3 Å². The van der Waals surface area contributed by atoms with Crippen molar-refractivity contribution in [1.82, 2.24) is 40.3 Å². The monoisotopic (exact) mass is 1110 g/mol. The number of β-amino-alcohol motifs (C(OH)–C–C–N with tert-alkyl or cyclic N) is 1. The lowest BCUT2D eigenvalue weighted by molar-refractivity contribution is -0.149. The maximum Gasteiger partial charge on any atom is 0.401 e. The number of fused-ring (bicyclic) bond motifs is 1. The van der Waals surface area contributed by atoms with Gasteiger partial charge in [0.2, 0.25) is 17.7 Å². The zero-order valence-electron chi connectivity index (χ0n) is 45.8. The van der Waals surface area contributed by atoms with Gasteiger partial charge in [-0.25, -0.2) is 4.98 Å². The topological polar surface area (TPSA) is 219 Å². The lowest BCUT2D eigenvalue weighted by Crippen LogP contribution is -2.58. The van der Waals surface area contributed by atoms with Gasteiger partial charge in [0.1, 0.15) is 36.8 Å². The number of pyridine rings is 1. The Kier molecular flexibility index (Phi) is 19.5. The van der Waals surface area contributed by atoms with Crippen molar-refractivity contribution in [1.29, 1.82) is 0 Å². The average Bonchev–Trinajstić information content (AvgIpc) is 4.30. The van der Waals surface area contributed by atoms with Crippen LogP contribution in [0.2, 0.25) is 0 Å². The number of carbonyl (C=O) groups excluding carboxylic acids is 4. The molecule has 18 nitrogen and oxygen atoms in total. The number of H-pyrrole nitrogens is 1. The number of methoxy groups -OCH3 is 1. The maximum absolute atomic E-state index is 14.2. The van der Waals surface area contributed by atoms with Gasteiger partial charge in [-0.1, -0.05) is 45.0 Å². The number of aromatic amines is 1. The van der Waals surface area contributed by atoms with Gasteiger partial charge < -0.3 is 54.5 Å². The third-order valence-electron chi connectivity index (χ3n) is 14.6. The molecule has 5 N–H and O–H groups in total. The van der Waals surface area contributed by atoms with Gasteiger partial charge in [-0.3, -0.25) is 28.9 Å². The predicted octanol–water partition coefficient (Wildman–Crippen LogP) is 6.93. The van der Waals surface area contributed by atoms with Gasteiger partial charge in [-0.15, -0.1) is 11.3 Å². The average molecular weight is 1110 g/mol. The summed E-state index contributed by atoms with van der Waals surface area (Å²) in [6.07, 6.45) is -4.09. The quantitative estimate of drug-likeness (QED) is 0.0446. The molecule has 0 radical (unpaired) electrons. The number of halogens is 3. The Balaban J connectivity index is 0.909. The van der Waals surface area contributed by atoms with E-state index < -0.39 is 60.0 Å². The first-order chi connectivity index (χ1) is 36.9. The number of hydrogen-bond acceptors (Lipinski definition) is 13. The van der Waals surface area contributed by atoms with Gasteiger partial charge in [-0.2, -0.15) is 13.2 Å². The summed E-state index contributed by atoms with van der Waals surface area (Å²) in [6, 6.07) is 12.3. The van der Waals surface area contributed by atoms with Crippen LogP contribution in [-0.2, 0) is 30.4 Å². The van der Waals surface area contributed by atoms with E-state index in [0.717, 1.165) is 21.7 Å². The van der Waals surface area contributed by atoms with Crippen LogP contribution in [0.3, 0.4) is 0 Å². The number of aromatic nitrogens is 3. The van der Waals surface area contributed by atoms with Crippen LogP contribution >= 0.6 is 11.3 Å². The zero-order valence-corrected chi connectivity index (χ0v) is 46.6. The number of alkyl halides is 3. The molecule has 2 aliphatic rings. The number of nitrogens with one attached hydrogen (secondary N) is 4. The largest absolute Gasteiger partial charge is 0.496 e. The highest BCUT2D eigenvalue weighted by Gasteiger charge is 2.45. The van der Waals surface area contributed by atoms with Crippen molar-refractivity contribution in [2.45, 2.75) is 118 Å². The maximum atomic E-state index is 14.2. The smallest absolute Gasteiger partial charge is 0.401 e. The minimum Gasteiger partial charge on any atom is -0.496 e. The van der Waals surface area contributed by atoms with E-state index in [4.69, 9.17) is 18.9 Å². The summed E-state index contributed by atoms with van der Waals surface area (Å²) in [5, 5.41) is 20.0. The van der Waals surface area contributed by atoms with Crippen LogP contribution in [0.5, 0.6) is 11.5 Å². The molecular weight excluding hydrogens is 1030 g/mol. The third kappa shape index (κ3) is 14.7. The highest BCUT2D eigenvalue weighted by molar-refractivity contribution is 7.13. The van der Waals surface area contributed by atoms with E-state index in [-0.39, 0.29) is 81.7 Å². The van der Waals surface area contributed by atoms with Crippen molar-refractivity contribution in [3.05, 3.63) is 98.2 Å². The summed E-state index contributed by atoms with van der Waals surface area (Å²) >= 11 is 1.55. The molecule has 2 saturated heterocycles. The normalized spacial score (nSPS) is 17.7. The molecule has 3 unspecified atom stereocenters. The number of piperidine rings is 1. The lowest BCUT2D eigenvalue weighted by atomic mass is 9.85. The van der Waals surface area contributed by atoms with E-state index in [2.05, 4.69) is 25.9 Å². The number of rotatable bonds is 22. The van der Waals surface area contributed by atoms with Crippen molar-refractivity contribution in [2.75, 3.05) is 66.3 Å². The summed E-state index contributed by atoms with van der Waals surface area (Å²) in [5.74, 6) is -1.01. The SMILES string of the molecule is COc1cc(C)[nH]c(=O)c1CNC(=O)c1c(C)n(C(C)C2CCN(CC(F)(F)F)CC2)c2cc(OCCOCCOCC(=O)NC(C(=O)N3C[C@H](O)C[C@H]3C(=O)NC(C)c3ccc(-c4scnc4C)cc3)C(C)(C)C)ccc12. The fraction of sp³-hybridized carbons (Fsp3) is 0.536. The molecule has 0 spiro atoms. The fourth-order valence-electron chi connectivity index (χ4n) is 10.5. The molecule has 78 heavy (non-hydrogen) atoms. The Morgan fingerprint density at radius 2 is 1.63 bits per heavy atom. The molecule has 2 fully saturated rings. The molecule has 5 aromatic rings. The second-order valence-corrected chi connectivity index (χ2v) is 22.2. The first-order valence-corrected chi connectivity index (χ1v) is 27.2. The molecule has 7 rings (SSSR count). The Morgan fingerprint density at radius 1 is 0.936 bits per heavy atom. The van der Waals surface area contributed by atoms with Crippen LogP contribution in [0.4, 0.5) is 13.2 Å². The zero-order chi connectivity index (χ0) is 56.6. The molecule has 5 heterocycles. The van der Waals surface area contributed by atoms with Crippen LogP contribution in [0.15, 0.2) is 58.8 Å². The molecule has 22 heteroatoms. The number of carbonyl (C=O) groups is 4. The van der Waals surface area contributed by atoms with E-state index in [1.807, 2.05) is 62.6 Å². The minimum absolute atomic E-state index is 0.0196. The molecule has 4 amide bonds. The Hall–Kier alpha value is -6.33. The van der Waals surface area contributed by atoms with Gasteiger partial charge in [0, 0.05) is 41.8 Å². The Labute approximate surface area is 456 Å². The number of hydrogen-bond donors (Lipinski definition) is 5. The lowest BCUT2D eigenvalue weighted by Gasteiger charge is -2.36. The number of likely N-dealkylation sites (tertiary alicyclic amines) is 2. The minimum atomic E-state index is -4.29. The van der Waals surface area contributed by atoms with Gasteiger partial charge in [0.15, 0.2) is 0 Å². The second-order valence-electron chi connectivity index (χ2n) is 21.4. The van der Waals surface area contributed by atoms with E-state index in [9.17, 15) is 42.3 Å². The number of nitrogens with zero attached hydrogens (tertiary/aromatic N) is 4. The second kappa shape index (κ2) is 25.6. The van der Waals surface area contributed by atoms with Gasteiger partial charge in [-0.05, 0) is 101 Å². The van der Waals surface area contributed by atoms with Crippen LogP contribution in [-0.4, -0.2) is 144 Å². The van der Waals surface area contributed by atoms with E-state index in [1.54, 1.807) is 62.7 Å². The molecule has 2 aromatic carbocycles. The number of aliphatic hydroxyl groups excluding tert-OH is 1. The van der Waals surface area contributed by atoms with Crippen molar-refractivity contribution < 1.29 is 56.4 Å². The van der Waals surface area contributed by atoms with Gasteiger partial charge in [0.05, 0.1) is 84.9 Å². The van der Waals surface area contributed by atoms with Crippen LogP contribution in [0.25, 0.3) is 21.3 Å². The number of thiazole rings is 1. The number of benzene rings is 2. The molecule has 0 bridgehead atoms. The summed E-state index contributed by atoms with van der Waals surface area (Å²) in [7, 11) is 1.45. The Morgan fingerprint density at radius 3 is 2.28 bits per heavy atom. The standard InChI is InChI=1S/C56H73F3N8O10S/c1-32-24-46(74-9)43(51(70)62-32)27-60-53(72)48-36(5)67(35(4)38-16-18-65(19-17-38)30-56(57,58)59)44-26-41(14-15-42(44)48)77-23-22-75-20-21-76-29-47(69)64-50(55(6,7)8)54(73)66-28-40(68)25-45(66)52(71)63-33(2)37-10-12-39(13-11-37)49-34(3)61-31-78-49/h10-15,24,26,31,33,35,38,40,45,50,68H,16-23,25,27-30H2,1-9H3,(H,60,72)(H,62,70)(H,63,71)(H,64,69)/t33?,35?,40-,45+,50?/m1/s1. The van der Waals surface area contributed by atoms with Gasteiger partial charge >= 0.3 is 6.18 Å². The van der Waals surface area contributed by atoms with Crippen molar-refractivity contribution >= 4 is 45.9 Å². The Bertz CT molecular complexity index is 2960.